The van der Waals surface area contributed by atoms with Gasteiger partial charge in [-0.15, -0.1) is 0 Å². The number of non-ortho nitro benzene ring substituents is 1. The third-order valence-electron chi connectivity index (χ3n) is 2.74. The zero-order valence-electron chi connectivity index (χ0n) is 11.1. The molecule has 6 nitrogen and oxygen atoms in total. The Labute approximate surface area is 121 Å². The molecule has 0 aliphatic heterocycles. The molecule has 0 spiro atoms. The average molecular weight is 280 g/mol. The van der Waals surface area contributed by atoms with Crippen LogP contribution in [0.1, 0.15) is 5.56 Å². The molecule has 21 heavy (non-hydrogen) atoms. The van der Waals surface area contributed by atoms with E-state index in [1.807, 2.05) is 36.4 Å². The first kappa shape index (κ1) is 14.2. The summed E-state index contributed by atoms with van der Waals surface area (Å²) in [6.07, 6.45) is 0.428. The molecule has 2 aromatic carbocycles. The number of rotatable bonds is 5. The molecule has 0 atom stereocenters. The average Bonchev–Trinajstić information content (AvgIpc) is 2.52. The maximum atomic E-state index is 10.5. The largest absolute Gasteiger partial charge is 0.278 e. The number of nitro benzene ring substituents is 1. The van der Waals surface area contributed by atoms with E-state index < -0.39 is 4.92 Å². The van der Waals surface area contributed by atoms with Crippen molar-refractivity contribution in [2.75, 3.05) is 5.43 Å². The molecule has 0 heterocycles. The van der Waals surface area contributed by atoms with Crippen LogP contribution >= 0.6 is 0 Å². The molecule has 0 amide bonds. The van der Waals surface area contributed by atoms with Crippen molar-refractivity contribution in [3.05, 3.63) is 70.3 Å². The molecule has 0 fully saturated rings. The van der Waals surface area contributed by atoms with Crippen LogP contribution in [0.2, 0.25) is 0 Å². The maximum Gasteiger partial charge on any atom is 0.269 e. The molecule has 0 aliphatic carbocycles. The number of nitro groups is 1. The van der Waals surface area contributed by atoms with Gasteiger partial charge in [0.15, 0.2) is 0 Å². The van der Waals surface area contributed by atoms with Crippen molar-refractivity contribution in [1.29, 1.82) is 5.26 Å². The van der Waals surface area contributed by atoms with E-state index in [0.29, 0.717) is 17.8 Å². The van der Waals surface area contributed by atoms with E-state index in [-0.39, 0.29) is 5.69 Å². The zero-order valence-corrected chi connectivity index (χ0v) is 11.1. The normalized spacial score (nSPS) is 10.7. The molecule has 0 unspecified atom stereocenters. The van der Waals surface area contributed by atoms with Crippen molar-refractivity contribution in [3.63, 3.8) is 0 Å². The number of hydrazone groups is 1. The number of nitrogens with zero attached hydrogens (tertiary/aromatic N) is 3. The number of hydrogen-bond acceptors (Lipinski definition) is 5. The predicted molar refractivity (Wildman–Crippen MR) is 79.9 cm³/mol. The molecule has 2 rings (SSSR count). The molecule has 0 saturated carbocycles. The second-order valence-electron chi connectivity index (χ2n) is 4.25. The van der Waals surface area contributed by atoms with Gasteiger partial charge in [0.05, 0.1) is 10.6 Å². The van der Waals surface area contributed by atoms with Crippen LogP contribution in [-0.4, -0.2) is 10.6 Å². The van der Waals surface area contributed by atoms with Crippen LogP contribution in [0.4, 0.5) is 11.4 Å². The summed E-state index contributed by atoms with van der Waals surface area (Å²) in [6, 6.07) is 17.4. The SMILES string of the molecule is N#C/C(Cc1ccccc1)=N/Nc1ccc([N+](=O)[O-])cc1. The van der Waals surface area contributed by atoms with E-state index in [4.69, 9.17) is 5.26 Å². The predicted octanol–water partition coefficient (Wildman–Crippen LogP) is 3.13. The Bertz CT molecular complexity index is 688. The highest BCUT2D eigenvalue weighted by Gasteiger charge is 2.04. The summed E-state index contributed by atoms with van der Waals surface area (Å²) < 4.78 is 0. The lowest BCUT2D eigenvalue weighted by Crippen LogP contribution is -2.03. The minimum atomic E-state index is -0.469. The van der Waals surface area contributed by atoms with Crippen LogP contribution in [0.25, 0.3) is 0 Å². The van der Waals surface area contributed by atoms with Gasteiger partial charge in [-0.1, -0.05) is 30.3 Å². The summed E-state index contributed by atoms with van der Waals surface area (Å²) in [5.41, 5.74) is 4.64. The second-order valence-corrected chi connectivity index (χ2v) is 4.25. The van der Waals surface area contributed by atoms with Crippen LogP contribution in [0.15, 0.2) is 59.7 Å². The molecule has 104 valence electrons. The van der Waals surface area contributed by atoms with Gasteiger partial charge in [0.1, 0.15) is 11.8 Å². The van der Waals surface area contributed by atoms with Crippen LogP contribution in [0.5, 0.6) is 0 Å². The fourth-order valence-corrected chi connectivity index (χ4v) is 1.68. The molecular weight excluding hydrogens is 268 g/mol. The Kier molecular flexibility index (Phi) is 4.62. The number of hydrogen-bond donors (Lipinski definition) is 1. The van der Waals surface area contributed by atoms with Crippen molar-refractivity contribution in [3.8, 4) is 6.07 Å². The smallest absolute Gasteiger partial charge is 0.269 e. The monoisotopic (exact) mass is 280 g/mol. The van der Waals surface area contributed by atoms with E-state index in [1.165, 1.54) is 12.1 Å². The summed E-state index contributed by atoms with van der Waals surface area (Å²) in [5, 5.41) is 23.6. The lowest BCUT2D eigenvalue weighted by Gasteiger charge is -2.02. The van der Waals surface area contributed by atoms with Gasteiger partial charge in [0.25, 0.3) is 5.69 Å². The third-order valence-corrected chi connectivity index (χ3v) is 2.74. The fourth-order valence-electron chi connectivity index (χ4n) is 1.68. The first-order chi connectivity index (χ1) is 10.2. The number of nitriles is 1. The van der Waals surface area contributed by atoms with E-state index in [9.17, 15) is 10.1 Å². The van der Waals surface area contributed by atoms with Gasteiger partial charge in [-0.3, -0.25) is 15.5 Å². The van der Waals surface area contributed by atoms with Crippen LogP contribution in [0.3, 0.4) is 0 Å². The first-order valence-corrected chi connectivity index (χ1v) is 6.20. The Morgan fingerprint density at radius 2 is 1.86 bits per heavy atom. The van der Waals surface area contributed by atoms with Crippen LogP contribution < -0.4 is 5.43 Å². The summed E-state index contributed by atoms with van der Waals surface area (Å²) in [4.78, 5) is 10.1. The number of anilines is 1. The van der Waals surface area contributed by atoms with Gasteiger partial charge >= 0.3 is 0 Å². The number of nitrogens with one attached hydrogen (secondary N) is 1. The van der Waals surface area contributed by atoms with E-state index in [1.54, 1.807) is 12.1 Å². The highest BCUT2D eigenvalue weighted by atomic mass is 16.6. The van der Waals surface area contributed by atoms with E-state index >= 15 is 0 Å². The molecule has 0 aromatic heterocycles. The van der Waals surface area contributed by atoms with Crippen molar-refractivity contribution < 1.29 is 4.92 Å². The molecule has 0 aliphatic rings. The van der Waals surface area contributed by atoms with Gasteiger partial charge in [0, 0.05) is 18.6 Å². The highest BCUT2D eigenvalue weighted by molar-refractivity contribution is 6.00. The lowest BCUT2D eigenvalue weighted by atomic mass is 10.1. The molecular formula is C15H12N4O2. The maximum absolute atomic E-state index is 10.5. The topological polar surface area (TPSA) is 91.3 Å². The Hall–Kier alpha value is -3.20. The molecule has 2 aromatic rings. The Morgan fingerprint density at radius 3 is 2.43 bits per heavy atom. The van der Waals surface area contributed by atoms with Crippen molar-refractivity contribution in [1.82, 2.24) is 0 Å². The molecule has 1 N–H and O–H groups in total. The van der Waals surface area contributed by atoms with Crippen molar-refractivity contribution in [2.24, 2.45) is 5.10 Å². The van der Waals surface area contributed by atoms with Crippen LogP contribution in [0, 0.1) is 21.4 Å². The molecule has 0 bridgehead atoms. The summed E-state index contributed by atoms with van der Waals surface area (Å²) in [7, 11) is 0. The zero-order chi connectivity index (χ0) is 15.1. The van der Waals surface area contributed by atoms with E-state index in [0.717, 1.165) is 5.56 Å². The van der Waals surface area contributed by atoms with Gasteiger partial charge in [-0.25, -0.2) is 0 Å². The van der Waals surface area contributed by atoms with Gasteiger partial charge < -0.3 is 0 Å². The van der Waals surface area contributed by atoms with E-state index in [2.05, 4.69) is 10.5 Å². The third kappa shape index (κ3) is 4.14. The van der Waals surface area contributed by atoms with Crippen molar-refractivity contribution in [2.45, 2.75) is 6.42 Å². The molecule has 6 heteroatoms. The highest BCUT2D eigenvalue weighted by Crippen LogP contribution is 2.15. The first-order valence-electron chi connectivity index (χ1n) is 6.20. The Balaban J connectivity index is 2.04. The summed E-state index contributed by atoms with van der Waals surface area (Å²) >= 11 is 0. The van der Waals surface area contributed by atoms with Gasteiger partial charge in [-0.05, 0) is 17.7 Å². The quantitative estimate of drug-likeness (QED) is 0.517. The number of benzene rings is 2. The molecule has 0 radical (unpaired) electrons. The summed E-state index contributed by atoms with van der Waals surface area (Å²) in [6.45, 7) is 0. The van der Waals surface area contributed by atoms with Crippen molar-refractivity contribution >= 4 is 17.1 Å². The fraction of sp³-hybridized carbons (Fsp3) is 0.0667. The van der Waals surface area contributed by atoms with Crippen LogP contribution in [-0.2, 0) is 6.42 Å². The second kappa shape index (κ2) is 6.82. The minimum Gasteiger partial charge on any atom is -0.278 e. The molecule has 0 saturated heterocycles. The summed E-state index contributed by atoms with van der Waals surface area (Å²) in [5.74, 6) is 0. The van der Waals surface area contributed by atoms with Gasteiger partial charge in [-0.2, -0.15) is 10.4 Å². The lowest BCUT2D eigenvalue weighted by molar-refractivity contribution is -0.384. The Morgan fingerprint density at radius 1 is 1.19 bits per heavy atom. The minimum absolute atomic E-state index is 0.00863. The van der Waals surface area contributed by atoms with Gasteiger partial charge in [0.2, 0.25) is 0 Å². The standard InChI is InChI=1S/C15H12N4O2/c16-11-14(10-12-4-2-1-3-5-12)18-17-13-6-8-15(9-7-13)19(20)21/h1-9,17H,10H2/b18-14+.